The first-order chi connectivity index (χ1) is 5.86. The van der Waals surface area contributed by atoms with Crippen LogP contribution in [-0.4, -0.2) is 10.7 Å². The summed E-state index contributed by atoms with van der Waals surface area (Å²) in [5.74, 6) is 2.35. The van der Waals surface area contributed by atoms with E-state index in [9.17, 15) is 0 Å². The van der Waals surface area contributed by atoms with Gasteiger partial charge in [-0.1, -0.05) is 13.8 Å². The Morgan fingerprint density at radius 1 is 1.50 bits per heavy atom. The van der Waals surface area contributed by atoms with Gasteiger partial charge in [-0.15, -0.1) is 11.3 Å². The van der Waals surface area contributed by atoms with Crippen molar-refractivity contribution >= 4 is 23.1 Å². The van der Waals surface area contributed by atoms with Crippen LogP contribution in [0.5, 0.6) is 0 Å². The van der Waals surface area contributed by atoms with Gasteiger partial charge in [0.25, 0.3) is 0 Å². The third-order valence-electron chi connectivity index (χ3n) is 1.54. The predicted molar refractivity (Wildman–Crippen MR) is 57.9 cm³/mol. The van der Waals surface area contributed by atoms with Crippen molar-refractivity contribution in [2.75, 3.05) is 5.75 Å². The smallest absolute Gasteiger partial charge is 0.103 e. The fraction of sp³-hybridized carbons (Fsp3) is 0.667. The quantitative estimate of drug-likeness (QED) is 0.678. The molecule has 0 radical (unpaired) electrons. The SMILES string of the molecule is CCCSCc1nc(CC)cs1. The second-order valence-electron chi connectivity index (χ2n) is 2.64. The molecule has 0 fully saturated rings. The molecule has 1 rings (SSSR count). The highest BCUT2D eigenvalue weighted by Gasteiger charge is 1.99. The third-order valence-corrected chi connectivity index (χ3v) is 3.79. The fourth-order valence-electron chi connectivity index (χ4n) is 0.881. The average Bonchev–Trinajstić information content (AvgIpc) is 2.53. The highest BCUT2D eigenvalue weighted by atomic mass is 32.2. The summed E-state index contributed by atoms with van der Waals surface area (Å²) in [5.41, 5.74) is 1.24. The number of rotatable bonds is 5. The Kier molecular flexibility index (Phi) is 4.69. The number of thioether (sulfide) groups is 1. The van der Waals surface area contributed by atoms with Gasteiger partial charge in [-0.25, -0.2) is 4.98 Å². The Hall–Kier alpha value is -0.0200. The number of hydrogen-bond donors (Lipinski definition) is 0. The summed E-state index contributed by atoms with van der Waals surface area (Å²) in [5, 5.41) is 3.45. The Balaban J connectivity index is 2.31. The second-order valence-corrected chi connectivity index (χ2v) is 4.69. The van der Waals surface area contributed by atoms with E-state index < -0.39 is 0 Å². The average molecular weight is 201 g/mol. The highest BCUT2D eigenvalue weighted by molar-refractivity contribution is 7.98. The summed E-state index contributed by atoms with van der Waals surface area (Å²) < 4.78 is 0. The summed E-state index contributed by atoms with van der Waals surface area (Å²) in [6.45, 7) is 4.37. The van der Waals surface area contributed by atoms with Crippen LogP contribution >= 0.6 is 23.1 Å². The Morgan fingerprint density at radius 2 is 2.33 bits per heavy atom. The van der Waals surface area contributed by atoms with Crippen molar-refractivity contribution in [3.05, 3.63) is 16.1 Å². The van der Waals surface area contributed by atoms with Crippen LogP contribution in [0, 0.1) is 0 Å². The Bertz CT molecular complexity index is 220. The van der Waals surface area contributed by atoms with E-state index in [2.05, 4.69) is 24.2 Å². The topological polar surface area (TPSA) is 12.9 Å². The minimum Gasteiger partial charge on any atom is -0.245 e. The van der Waals surface area contributed by atoms with Crippen molar-refractivity contribution in [3.8, 4) is 0 Å². The van der Waals surface area contributed by atoms with Crippen molar-refractivity contribution in [1.29, 1.82) is 0 Å². The molecule has 0 saturated heterocycles. The Morgan fingerprint density at radius 3 is 2.92 bits per heavy atom. The molecule has 0 atom stereocenters. The van der Waals surface area contributed by atoms with E-state index in [1.807, 2.05) is 11.8 Å². The van der Waals surface area contributed by atoms with Gasteiger partial charge in [-0.3, -0.25) is 0 Å². The molecule has 12 heavy (non-hydrogen) atoms. The Labute approximate surface area is 82.6 Å². The van der Waals surface area contributed by atoms with Crippen LogP contribution in [0.25, 0.3) is 0 Å². The van der Waals surface area contributed by atoms with Gasteiger partial charge in [0.15, 0.2) is 0 Å². The number of thiazole rings is 1. The molecule has 1 heterocycles. The molecule has 0 spiro atoms. The molecule has 0 bridgehead atoms. The van der Waals surface area contributed by atoms with Gasteiger partial charge < -0.3 is 0 Å². The first-order valence-corrected chi connectivity index (χ1v) is 6.41. The maximum Gasteiger partial charge on any atom is 0.103 e. The molecule has 1 aromatic rings. The van der Waals surface area contributed by atoms with Gasteiger partial charge in [0.05, 0.1) is 5.69 Å². The molecule has 1 aromatic heterocycles. The zero-order chi connectivity index (χ0) is 8.81. The highest BCUT2D eigenvalue weighted by Crippen LogP contribution is 2.17. The van der Waals surface area contributed by atoms with Gasteiger partial charge in [0, 0.05) is 11.1 Å². The van der Waals surface area contributed by atoms with Crippen LogP contribution in [0.15, 0.2) is 5.38 Å². The van der Waals surface area contributed by atoms with E-state index in [-0.39, 0.29) is 0 Å². The molecule has 1 nitrogen and oxygen atoms in total. The zero-order valence-electron chi connectivity index (χ0n) is 7.67. The molecule has 0 aromatic carbocycles. The maximum atomic E-state index is 4.50. The first-order valence-electron chi connectivity index (χ1n) is 4.37. The lowest BCUT2D eigenvalue weighted by atomic mass is 10.4. The molecular formula is C9H15NS2. The first kappa shape index (κ1) is 10.1. The van der Waals surface area contributed by atoms with Crippen LogP contribution in [-0.2, 0) is 12.2 Å². The summed E-state index contributed by atoms with van der Waals surface area (Å²) >= 11 is 3.77. The van der Waals surface area contributed by atoms with Gasteiger partial charge in [-0.2, -0.15) is 11.8 Å². The van der Waals surface area contributed by atoms with Crippen molar-refractivity contribution in [2.45, 2.75) is 32.4 Å². The number of aromatic nitrogens is 1. The lowest BCUT2D eigenvalue weighted by Gasteiger charge is -1.93. The standard InChI is InChI=1S/C9H15NS2/c1-3-5-11-7-9-10-8(4-2)6-12-9/h6H,3-5,7H2,1-2H3. The van der Waals surface area contributed by atoms with Gasteiger partial charge in [-0.05, 0) is 18.6 Å². The molecule has 0 amide bonds. The molecule has 0 unspecified atom stereocenters. The number of hydrogen-bond acceptors (Lipinski definition) is 3. The molecule has 3 heteroatoms. The van der Waals surface area contributed by atoms with E-state index in [1.165, 1.54) is 22.9 Å². The lowest BCUT2D eigenvalue weighted by Crippen LogP contribution is -1.83. The summed E-state index contributed by atoms with van der Waals surface area (Å²) in [4.78, 5) is 4.50. The van der Waals surface area contributed by atoms with Crippen molar-refractivity contribution in [2.24, 2.45) is 0 Å². The van der Waals surface area contributed by atoms with Gasteiger partial charge >= 0.3 is 0 Å². The molecular weight excluding hydrogens is 186 g/mol. The summed E-state index contributed by atoms with van der Waals surface area (Å²) in [6.07, 6.45) is 2.33. The van der Waals surface area contributed by atoms with E-state index in [1.54, 1.807) is 11.3 Å². The molecule has 0 aliphatic heterocycles. The van der Waals surface area contributed by atoms with Gasteiger partial charge in [0.2, 0.25) is 0 Å². The third kappa shape index (κ3) is 3.15. The fourth-order valence-corrected chi connectivity index (χ4v) is 2.74. The van der Waals surface area contributed by atoms with Crippen molar-refractivity contribution in [1.82, 2.24) is 4.98 Å². The minimum atomic E-state index is 1.06. The number of nitrogens with zero attached hydrogens (tertiary/aromatic N) is 1. The molecule has 0 aliphatic rings. The molecule has 0 N–H and O–H groups in total. The van der Waals surface area contributed by atoms with Crippen LogP contribution in [0.1, 0.15) is 31.0 Å². The van der Waals surface area contributed by atoms with Crippen LogP contribution in [0.2, 0.25) is 0 Å². The van der Waals surface area contributed by atoms with E-state index in [0.29, 0.717) is 0 Å². The van der Waals surface area contributed by atoms with E-state index in [0.717, 1.165) is 12.2 Å². The molecule has 0 aliphatic carbocycles. The summed E-state index contributed by atoms with van der Waals surface area (Å²) in [6, 6.07) is 0. The minimum absolute atomic E-state index is 1.06. The zero-order valence-corrected chi connectivity index (χ0v) is 9.30. The maximum absolute atomic E-state index is 4.50. The van der Waals surface area contributed by atoms with Crippen LogP contribution in [0.3, 0.4) is 0 Å². The van der Waals surface area contributed by atoms with E-state index >= 15 is 0 Å². The van der Waals surface area contributed by atoms with Crippen molar-refractivity contribution < 1.29 is 0 Å². The molecule has 0 saturated carbocycles. The van der Waals surface area contributed by atoms with Crippen molar-refractivity contribution in [3.63, 3.8) is 0 Å². The van der Waals surface area contributed by atoms with E-state index in [4.69, 9.17) is 0 Å². The van der Waals surface area contributed by atoms with Crippen LogP contribution in [0.4, 0.5) is 0 Å². The lowest BCUT2D eigenvalue weighted by molar-refractivity contribution is 1.04. The normalized spacial score (nSPS) is 10.5. The largest absolute Gasteiger partial charge is 0.245 e. The second kappa shape index (κ2) is 5.60. The predicted octanol–water partition coefficient (Wildman–Crippen LogP) is 3.35. The summed E-state index contributed by atoms with van der Waals surface area (Å²) in [7, 11) is 0. The molecule has 68 valence electrons. The van der Waals surface area contributed by atoms with Crippen LogP contribution < -0.4 is 0 Å². The number of aryl methyl sites for hydroxylation is 1. The van der Waals surface area contributed by atoms with Gasteiger partial charge in [0.1, 0.15) is 5.01 Å². The monoisotopic (exact) mass is 201 g/mol.